The van der Waals surface area contributed by atoms with Crippen molar-refractivity contribution in [2.45, 2.75) is 20.3 Å². The highest BCUT2D eigenvalue weighted by molar-refractivity contribution is 7.92. The van der Waals surface area contributed by atoms with Crippen LogP contribution in [0.1, 0.15) is 36.2 Å². The molecule has 0 fully saturated rings. The van der Waals surface area contributed by atoms with Gasteiger partial charge in [0.1, 0.15) is 23.6 Å². The summed E-state index contributed by atoms with van der Waals surface area (Å²) in [5, 5.41) is 3.25. The number of hydrogen-bond acceptors (Lipinski definition) is 6. The maximum absolute atomic E-state index is 15.0. The van der Waals surface area contributed by atoms with Gasteiger partial charge in [0, 0.05) is 12.7 Å². The number of aromatic nitrogens is 3. The predicted octanol–water partition coefficient (Wildman–Crippen LogP) is 3.05. The number of ketones is 1. The van der Waals surface area contributed by atoms with Crippen molar-refractivity contribution >= 4 is 38.3 Å². The minimum atomic E-state index is -3.82. The van der Waals surface area contributed by atoms with E-state index >= 15 is 0 Å². The summed E-state index contributed by atoms with van der Waals surface area (Å²) >= 11 is 0. The molecule has 0 aliphatic rings. The summed E-state index contributed by atoms with van der Waals surface area (Å²) in [5.74, 6) is -3.26. The Bertz CT molecular complexity index is 1180. The molecule has 0 atom stereocenters. The number of anilines is 2. The second kappa shape index (κ2) is 8.11. The molecule has 0 unspecified atom stereocenters. The summed E-state index contributed by atoms with van der Waals surface area (Å²) in [5.41, 5.74) is -1.08. The van der Waals surface area contributed by atoms with Gasteiger partial charge in [0.15, 0.2) is 5.82 Å². The van der Waals surface area contributed by atoms with Crippen LogP contribution in [0, 0.1) is 11.6 Å². The van der Waals surface area contributed by atoms with Gasteiger partial charge < -0.3 is 10.3 Å². The molecule has 0 saturated carbocycles. The molecule has 0 aliphatic heterocycles. The monoisotopic (exact) mass is 423 g/mol. The van der Waals surface area contributed by atoms with Crippen molar-refractivity contribution in [2.24, 2.45) is 0 Å². The SMILES string of the molecule is CCCS(=O)(=O)Nc1ccc(F)c(C(=O)c2c[nH]c3ncnc(NCC)c23)c1F. The summed E-state index contributed by atoms with van der Waals surface area (Å²) in [7, 11) is -3.82. The lowest BCUT2D eigenvalue weighted by Gasteiger charge is -2.12. The zero-order valence-corrected chi connectivity index (χ0v) is 16.5. The maximum atomic E-state index is 15.0. The second-order valence-corrected chi connectivity index (χ2v) is 8.05. The van der Waals surface area contributed by atoms with Crippen LogP contribution in [0.25, 0.3) is 11.0 Å². The first-order chi connectivity index (χ1) is 13.8. The van der Waals surface area contributed by atoms with Gasteiger partial charge in [-0.3, -0.25) is 9.52 Å². The van der Waals surface area contributed by atoms with Gasteiger partial charge in [-0.2, -0.15) is 0 Å². The molecule has 0 aliphatic carbocycles. The molecule has 0 amide bonds. The van der Waals surface area contributed by atoms with Crippen molar-refractivity contribution in [3.8, 4) is 0 Å². The highest BCUT2D eigenvalue weighted by Gasteiger charge is 2.26. The van der Waals surface area contributed by atoms with Crippen LogP contribution in [0.4, 0.5) is 20.3 Å². The molecule has 0 bridgehead atoms. The molecule has 3 rings (SSSR count). The normalized spacial score (nSPS) is 11.6. The van der Waals surface area contributed by atoms with Crippen LogP contribution in [-0.4, -0.2) is 41.5 Å². The first-order valence-corrected chi connectivity index (χ1v) is 10.5. The second-order valence-electron chi connectivity index (χ2n) is 6.21. The van der Waals surface area contributed by atoms with Crippen LogP contribution in [0.15, 0.2) is 24.7 Å². The fourth-order valence-electron chi connectivity index (χ4n) is 2.90. The molecule has 8 nitrogen and oxygen atoms in total. The molecule has 0 spiro atoms. The van der Waals surface area contributed by atoms with Crippen molar-refractivity contribution < 1.29 is 22.0 Å². The molecule has 0 saturated heterocycles. The van der Waals surface area contributed by atoms with Gasteiger partial charge >= 0.3 is 0 Å². The van der Waals surface area contributed by atoms with Gasteiger partial charge in [0.25, 0.3) is 0 Å². The van der Waals surface area contributed by atoms with Gasteiger partial charge in [0.05, 0.1) is 28.0 Å². The predicted molar refractivity (Wildman–Crippen MR) is 106 cm³/mol. The Morgan fingerprint density at radius 3 is 2.66 bits per heavy atom. The Balaban J connectivity index is 2.11. The van der Waals surface area contributed by atoms with Gasteiger partial charge in [-0.05, 0) is 25.5 Å². The zero-order chi connectivity index (χ0) is 21.2. The van der Waals surface area contributed by atoms with Gasteiger partial charge in [0.2, 0.25) is 15.8 Å². The maximum Gasteiger partial charge on any atom is 0.232 e. The number of nitrogens with one attached hydrogen (secondary N) is 3. The topological polar surface area (TPSA) is 117 Å². The summed E-state index contributed by atoms with van der Waals surface area (Å²) in [6.45, 7) is 3.98. The summed E-state index contributed by atoms with van der Waals surface area (Å²) in [4.78, 5) is 23.9. The molecule has 11 heteroatoms. The Morgan fingerprint density at radius 2 is 1.97 bits per heavy atom. The highest BCUT2D eigenvalue weighted by Crippen LogP contribution is 2.29. The van der Waals surface area contributed by atoms with E-state index in [4.69, 9.17) is 0 Å². The molecule has 3 aromatic rings. The number of hydrogen-bond donors (Lipinski definition) is 3. The van der Waals surface area contributed by atoms with Crippen LogP contribution in [-0.2, 0) is 10.0 Å². The van der Waals surface area contributed by atoms with E-state index in [-0.39, 0.29) is 16.7 Å². The molecule has 1 aromatic carbocycles. The van der Waals surface area contributed by atoms with E-state index in [1.54, 1.807) is 6.92 Å². The van der Waals surface area contributed by atoms with Crippen LogP contribution in [0.5, 0.6) is 0 Å². The van der Waals surface area contributed by atoms with Crippen molar-refractivity contribution in [3.05, 3.63) is 47.4 Å². The van der Waals surface area contributed by atoms with E-state index in [0.717, 1.165) is 12.1 Å². The number of H-pyrrole nitrogens is 1. The molecule has 154 valence electrons. The van der Waals surface area contributed by atoms with E-state index in [1.807, 2.05) is 6.92 Å². The molecular formula is C18H19F2N5O3S. The van der Waals surface area contributed by atoms with Crippen LogP contribution in [0.2, 0.25) is 0 Å². The largest absolute Gasteiger partial charge is 0.370 e. The zero-order valence-electron chi connectivity index (χ0n) is 15.7. The summed E-state index contributed by atoms with van der Waals surface area (Å²) < 4.78 is 55.3. The number of aromatic amines is 1. The Labute approximate surface area is 165 Å². The standard InChI is InChI=1S/C18H19F2N5O3S/c1-3-7-29(27,28)25-12-6-5-11(19)14(15(12)20)16(26)10-8-22-18-13(10)17(21-4-2)23-9-24-18/h5-6,8-9,25H,3-4,7H2,1-2H3,(H2,21,22,23,24). The Morgan fingerprint density at radius 1 is 1.21 bits per heavy atom. The molecular weight excluding hydrogens is 404 g/mol. The highest BCUT2D eigenvalue weighted by atomic mass is 32.2. The number of fused-ring (bicyclic) bond motifs is 1. The van der Waals surface area contributed by atoms with E-state index in [0.29, 0.717) is 24.4 Å². The van der Waals surface area contributed by atoms with E-state index in [2.05, 4.69) is 25.0 Å². The fraction of sp³-hybridized carbons (Fsp3) is 0.278. The number of nitrogens with zero attached hydrogens (tertiary/aromatic N) is 2. The lowest BCUT2D eigenvalue weighted by atomic mass is 10.0. The smallest absolute Gasteiger partial charge is 0.232 e. The minimum absolute atomic E-state index is 0.0390. The number of rotatable bonds is 8. The lowest BCUT2D eigenvalue weighted by Crippen LogP contribution is -2.18. The Kier molecular flexibility index (Phi) is 5.78. The van der Waals surface area contributed by atoms with Crippen LogP contribution >= 0.6 is 0 Å². The first-order valence-electron chi connectivity index (χ1n) is 8.88. The number of carbonyl (C=O) groups is 1. The average Bonchev–Trinajstić information content (AvgIpc) is 3.09. The number of carbonyl (C=O) groups excluding carboxylic acids is 1. The van der Waals surface area contributed by atoms with Gasteiger partial charge in [-0.1, -0.05) is 6.92 Å². The lowest BCUT2D eigenvalue weighted by molar-refractivity contribution is 0.103. The van der Waals surface area contributed by atoms with Crippen molar-refractivity contribution in [2.75, 3.05) is 22.3 Å². The average molecular weight is 423 g/mol. The molecule has 2 heterocycles. The van der Waals surface area contributed by atoms with Crippen molar-refractivity contribution in [1.82, 2.24) is 15.0 Å². The number of sulfonamides is 1. The van der Waals surface area contributed by atoms with Gasteiger partial charge in [-0.25, -0.2) is 27.2 Å². The van der Waals surface area contributed by atoms with E-state index in [1.165, 1.54) is 12.5 Å². The third-order valence-electron chi connectivity index (χ3n) is 4.12. The quantitative estimate of drug-likeness (QED) is 0.480. The van der Waals surface area contributed by atoms with Crippen molar-refractivity contribution in [3.63, 3.8) is 0 Å². The van der Waals surface area contributed by atoms with E-state index in [9.17, 15) is 22.0 Å². The fourth-order valence-corrected chi connectivity index (χ4v) is 4.04. The van der Waals surface area contributed by atoms with Gasteiger partial charge in [-0.15, -0.1) is 0 Å². The Hall–Kier alpha value is -3.08. The summed E-state index contributed by atoms with van der Waals surface area (Å²) in [6, 6.07) is 1.79. The van der Waals surface area contributed by atoms with Crippen LogP contribution in [0.3, 0.4) is 0 Å². The molecule has 3 N–H and O–H groups in total. The van der Waals surface area contributed by atoms with Crippen LogP contribution < -0.4 is 10.0 Å². The molecule has 0 radical (unpaired) electrons. The summed E-state index contributed by atoms with van der Waals surface area (Å²) in [6.07, 6.45) is 2.89. The molecule has 29 heavy (non-hydrogen) atoms. The van der Waals surface area contributed by atoms with Crippen molar-refractivity contribution in [1.29, 1.82) is 0 Å². The van der Waals surface area contributed by atoms with E-state index < -0.39 is 38.7 Å². The minimum Gasteiger partial charge on any atom is -0.370 e. The first kappa shape index (κ1) is 20.6. The third-order valence-corrected chi connectivity index (χ3v) is 5.59. The number of benzene rings is 1. The third kappa shape index (κ3) is 4.04. The number of halogens is 2. The molecule has 2 aromatic heterocycles.